The maximum atomic E-state index is 5.38. The molecule has 0 amide bonds. The van der Waals surface area contributed by atoms with Gasteiger partial charge >= 0.3 is 0 Å². The molecule has 2 rings (SSSR count). The highest BCUT2D eigenvalue weighted by Crippen LogP contribution is 2.41. The van der Waals surface area contributed by atoms with Crippen LogP contribution in [0.25, 0.3) is 0 Å². The van der Waals surface area contributed by atoms with Crippen molar-refractivity contribution in [3.8, 4) is 17.2 Å². The summed E-state index contributed by atoms with van der Waals surface area (Å²) in [7, 11) is 6.84. The Kier molecular flexibility index (Phi) is 4.90. The van der Waals surface area contributed by atoms with E-state index in [1.165, 1.54) is 0 Å². The zero-order valence-electron chi connectivity index (χ0n) is 13.0. The molecule has 0 N–H and O–H groups in total. The molecule has 0 atom stereocenters. The molecule has 1 aromatic heterocycles. The predicted octanol–water partition coefficient (Wildman–Crippen LogP) is 3.11. The minimum atomic E-state index is 0.599. The molecule has 0 spiro atoms. The molecule has 0 bridgehead atoms. The first-order chi connectivity index (χ1) is 10.1. The van der Waals surface area contributed by atoms with Gasteiger partial charge in [-0.25, -0.2) is 4.98 Å². The Hall–Kier alpha value is -1.95. The Bertz CT molecular complexity index is 588. The van der Waals surface area contributed by atoms with Crippen molar-refractivity contribution in [3.63, 3.8) is 0 Å². The third-order valence-corrected chi connectivity index (χ3v) is 3.98. The average molecular weight is 308 g/mol. The summed E-state index contributed by atoms with van der Waals surface area (Å²) in [4.78, 5) is 6.58. The number of ether oxygens (including phenoxy) is 3. The van der Waals surface area contributed by atoms with Crippen LogP contribution in [-0.4, -0.2) is 33.4 Å². The number of thiazole rings is 1. The summed E-state index contributed by atoms with van der Waals surface area (Å²) in [5, 5.41) is 3.15. The molecule has 1 aromatic carbocycles. The largest absolute Gasteiger partial charge is 0.493 e. The number of aryl methyl sites for hydroxylation is 1. The predicted molar refractivity (Wildman–Crippen MR) is 85.1 cm³/mol. The first-order valence-electron chi connectivity index (χ1n) is 6.51. The van der Waals surface area contributed by atoms with Crippen molar-refractivity contribution in [1.29, 1.82) is 0 Å². The number of aromatic nitrogens is 1. The number of rotatable bonds is 6. The monoisotopic (exact) mass is 308 g/mol. The van der Waals surface area contributed by atoms with Crippen LogP contribution < -0.4 is 19.1 Å². The number of hydrogen-bond donors (Lipinski definition) is 0. The van der Waals surface area contributed by atoms with E-state index in [1.54, 1.807) is 32.7 Å². The van der Waals surface area contributed by atoms with Crippen LogP contribution >= 0.6 is 11.3 Å². The van der Waals surface area contributed by atoms with E-state index < -0.39 is 0 Å². The van der Waals surface area contributed by atoms with E-state index in [9.17, 15) is 0 Å². The Labute approximate surface area is 129 Å². The lowest BCUT2D eigenvalue weighted by Crippen LogP contribution is -2.17. The Morgan fingerprint density at radius 1 is 1.10 bits per heavy atom. The van der Waals surface area contributed by atoms with Gasteiger partial charge in [0.05, 0.1) is 38.6 Å². The topological polar surface area (TPSA) is 43.8 Å². The Morgan fingerprint density at radius 2 is 1.71 bits per heavy atom. The molecular weight excluding hydrogens is 288 g/mol. The molecule has 0 unspecified atom stereocenters. The van der Waals surface area contributed by atoms with E-state index in [1.807, 2.05) is 26.1 Å². The van der Waals surface area contributed by atoms with E-state index >= 15 is 0 Å². The quantitative estimate of drug-likeness (QED) is 0.820. The summed E-state index contributed by atoms with van der Waals surface area (Å²) in [6.45, 7) is 2.73. The molecule has 0 aliphatic carbocycles. The molecule has 0 saturated carbocycles. The summed E-state index contributed by atoms with van der Waals surface area (Å²) in [6, 6.07) is 3.86. The van der Waals surface area contributed by atoms with E-state index in [0.717, 1.165) is 22.9 Å². The molecule has 21 heavy (non-hydrogen) atoms. The Morgan fingerprint density at radius 3 is 2.14 bits per heavy atom. The van der Waals surface area contributed by atoms with Crippen LogP contribution in [0.2, 0.25) is 0 Å². The molecule has 1 heterocycles. The van der Waals surface area contributed by atoms with Gasteiger partial charge < -0.3 is 19.1 Å². The van der Waals surface area contributed by atoms with Gasteiger partial charge in [-0.1, -0.05) is 0 Å². The van der Waals surface area contributed by atoms with E-state index in [4.69, 9.17) is 14.2 Å². The highest BCUT2D eigenvalue weighted by molar-refractivity contribution is 7.09. The lowest BCUT2D eigenvalue weighted by Gasteiger charge is -2.21. The van der Waals surface area contributed by atoms with Crippen LogP contribution in [0.1, 0.15) is 10.7 Å². The maximum absolute atomic E-state index is 5.38. The van der Waals surface area contributed by atoms with Crippen molar-refractivity contribution in [1.82, 2.24) is 4.98 Å². The van der Waals surface area contributed by atoms with Crippen LogP contribution in [0, 0.1) is 6.92 Å². The van der Waals surface area contributed by atoms with Gasteiger partial charge in [-0.3, -0.25) is 0 Å². The fourth-order valence-electron chi connectivity index (χ4n) is 2.10. The smallest absolute Gasteiger partial charge is 0.203 e. The van der Waals surface area contributed by atoms with E-state index in [-0.39, 0.29) is 0 Å². The molecule has 0 saturated heterocycles. The second kappa shape index (κ2) is 6.67. The van der Waals surface area contributed by atoms with Gasteiger partial charge in [-0.05, 0) is 6.92 Å². The summed E-state index contributed by atoms with van der Waals surface area (Å²) in [6.07, 6.45) is 0. The lowest BCUT2D eigenvalue weighted by atomic mass is 10.2. The third-order valence-electron chi connectivity index (χ3n) is 3.16. The fraction of sp³-hybridized carbons (Fsp3) is 0.400. The fourth-order valence-corrected chi connectivity index (χ4v) is 2.71. The van der Waals surface area contributed by atoms with Crippen molar-refractivity contribution in [2.45, 2.75) is 13.5 Å². The van der Waals surface area contributed by atoms with Crippen LogP contribution in [0.4, 0.5) is 5.69 Å². The SMILES string of the molecule is COc1cc(N(C)Cc2csc(C)n2)cc(OC)c1OC. The maximum Gasteiger partial charge on any atom is 0.203 e. The van der Waals surface area contributed by atoms with Crippen LogP contribution in [-0.2, 0) is 6.54 Å². The number of hydrogen-bond acceptors (Lipinski definition) is 6. The van der Waals surface area contributed by atoms with Crippen molar-refractivity contribution in [2.75, 3.05) is 33.3 Å². The van der Waals surface area contributed by atoms with E-state index in [0.29, 0.717) is 17.2 Å². The highest BCUT2D eigenvalue weighted by atomic mass is 32.1. The molecule has 0 fully saturated rings. The Balaban J connectivity index is 2.30. The van der Waals surface area contributed by atoms with Crippen molar-refractivity contribution in [2.24, 2.45) is 0 Å². The molecule has 0 radical (unpaired) electrons. The first-order valence-corrected chi connectivity index (χ1v) is 7.39. The second-order valence-corrected chi connectivity index (χ2v) is 5.66. The highest BCUT2D eigenvalue weighted by Gasteiger charge is 2.15. The minimum absolute atomic E-state index is 0.599. The van der Waals surface area contributed by atoms with Crippen LogP contribution in [0.3, 0.4) is 0 Å². The summed E-state index contributed by atoms with van der Waals surface area (Å²) in [5.41, 5.74) is 2.03. The van der Waals surface area contributed by atoms with E-state index in [2.05, 4.69) is 15.3 Å². The van der Waals surface area contributed by atoms with Gasteiger partial charge in [0.15, 0.2) is 11.5 Å². The van der Waals surface area contributed by atoms with Crippen molar-refractivity contribution in [3.05, 3.63) is 28.2 Å². The second-order valence-electron chi connectivity index (χ2n) is 4.60. The third kappa shape index (κ3) is 3.39. The zero-order valence-corrected chi connectivity index (χ0v) is 13.8. The summed E-state index contributed by atoms with van der Waals surface area (Å²) < 4.78 is 16.1. The molecular formula is C15H20N2O3S. The van der Waals surface area contributed by atoms with Gasteiger partial charge in [-0.15, -0.1) is 11.3 Å². The molecule has 2 aromatic rings. The van der Waals surface area contributed by atoms with Crippen LogP contribution in [0.5, 0.6) is 17.2 Å². The van der Waals surface area contributed by atoms with Crippen molar-refractivity contribution < 1.29 is 14.2 Å². The molecule has 114 valence electrons. The minimum Gasteiger partial charge on any atom is -0.493 e. The number of methoxy groups -OCH3 is 3. The first kappa shape index (κ1) is 15.4. The molecule has 6 heteroatoms. The summed E-state index contributed by atoms with van der Waals surface area (Å²) >= 11 is 1.66. The van der Waals surface area contributed by atoms with Gasteiger partial charge in [-0.2, -0.15) is 0 Å². The van der Waals surface area contributed by atoms with Gasteiger partial charge in [0.1, 0.15) is 0 Å². The standard InChI is InChI=1S/C15H20N2O3S/c1-10-16-11(9-21-10)8-17(2)12-6-13(18-3)15(20-5)14(7-12)19-4/h6-7,9H,8H2,1-5H3. The van der Waals surface area contributed by atoms with Gasteiger partial charge in [0.2, 0.25) is 5.75 Å². The number of benzene rings is 1. The van der Waals surface area contributed by atoms with Gasteiger partial charge in [0.25, 0.3) is 0 Å². The number of nitrogens with zero attached hydrogens (tertiary/aromatic N) is 2. The lowest BCUT2D eigenvalue weighted by molar-refractivity contribution is 0.324. The summed E-state index contributed by atoms with van der Waals surface area (Å²) in [5.74, 6) is 1.89. The molecule has 5 nitrogen and oxygen atoms in total. The number of anilines is 1. The van der Waals surface area contributed by atoms with Crippen molar-refractivity contribution >= 4 is 17.0 Å². The molecule has 0 aliphatic rings. The molecule has 0 aliphatic heterocycles. The zero-order chi connectivity index (χ0) is 15.4. The van der Waals surface area contributed by atoms with Gasteiger partial charge in [0, 0.05) is 30.2 Å². The average Bonchev–Trinajstić information content (AvgIpc) is 2.90. The van der Waals surface area contributed by atoms with Crippen LogP contribution in [0.15, 0.2) is 17.5 Å². The normalized spacial score (nSPS) is 10.3.